The average molecular weight is 460 g/mol. The van der Waals surface area contributed by atoms with Crippen molar-refractivity contribution in [3.05, 3.63) is 97.3 Å². The van der Waals surface area contributed by atoms with E-state index >= 15 is 0 Å². The van der Waals surface area contributed by atoms with Gasteiger partial charge < -0.3 is 14.3 Å². The van der Waals surface area contributed by atoms with E-state index < -0.39 is 28.8 Å². The third kappa shape index (κ3) is 4.06. The standard InChI is InChI=1S/C22H16ClF2N3O4/c1-12(29)28-18-8-13(2-5-17(18)26-22(28)31)10-27-7-6-19(20(23)21(27)30)32-11-14-3-4-15(24)9-16(14)25/h2-9H,10-11H2,1H3,(H,26,31). The van der Waals surface area contributed by atoms with Gasteiger partial charge in [-0.05, 0) is 35.9 Å². The van der Waals surface area contributed by atoms with Crippen LogP contribution in [0.3, 0.4) is 0 Å². The van der Waals surface area contributed by atoms with Crippen LogP contribution in [-0.2, 0) is 13.2 Å². The highest BCUT2D eigenvalue weighted by Gasteiger charge is 2.14. The SMILES string of the molecule is CC(=O)n1c(=O)[nH]c2ccc(Cn3ccc(OCc4ccc(F)cc4F)c(Cl)c3=O)cc21. The second-order valence-electron chi connectivity index (χ2n) is 7.09. The van der Waals surface area contributed by atoms with E-state index in [0.29, 0.717) is 16.6 Å². The van der Waals surface area contributed by atoms with Crippen LogP contribution in [-0.4, -0.2) is 20.0 Å². The van der Waals surface area contributed by atoms with Gasteiger partial charge >= 0.3 is 5.69 Å². The zero-order valence-electron chi connectivity index (χ0n) is 16.7. The molecule has 0 aliphatic rings. The highest BCUT2D eigenvalue weighted by atomic mass is 35.5. The molecule has 0 saturated heterocycles. The largest absolute Gasteiger partial charge is 0.487 e. The maximum atomic E-state index is 13.8. The van der Waals surface area contributed by atoms with Crippen LogP contribution in [0.25, 0.3) is 11.0 Å². The lowest BCUT2D eigenvalue weighted by molar-refractivity contribution is 0.0937. The molecule has 0 amide bonds. The molecule has 0 aliphatic heterocycles. The number of hydrogen-bond acceptors (Lipinski definition) is 4. The molecule has 2 heterocycles. The van der Waals surface area contributed by atoms with Crippen LogP contribution in [0.4, 0.5) is 8.78 Å². The maximum absolute atomic E-state index is 13.8. The third-order valence-electron chi connectivity index (χ3n) is 4.88. The summed E-state index contributed by atoms with van der Waals surface area (Å²) in [5.74, 6) is -1.84. The molecule has 0 aliphatic carbocycles. The number of ether oxygens (including phenoxy) is 1. The summed E-state index contributed by atoms with van der Waals surface area (Å²) in [6.45, 7) is 1.17. The Kier molecular flexibility index (Phi) is 5.67. The van der Waals surface area contributed by atoms with Crippen molar-refractivity contribution in [3.63, 3.8) is 0 Å². The van der Waals surface area contributed by atoms with E-state index in [-0.39, 0.29) is 29.5 Å². The van der Waals surface area contributed by atoms with Gasteiger partial charge in [-0.2, -0.15) is 0 Å². The highest BCUT2D eigenvalue weighted by Crippen LogP contribution is 2.22. The Morgan fingerprint density at radius 2 is 1.91 bits per heavy atom. The van der Waals surface area contributed by atoms with Gasteiger partial charge in [-0.1, -0.05) is 17.7 Å². The minimum atomic E-state index is -0.765. The predicted octanol–water partition coefficient (Wildman–Crippen LogP) is 3.71. The molecule has 4 aromatic rings. The molecule has 0 radical (unpaired) electrons. The number of nitrogens with zero attached hydrogens (tertiary/aromatic N) is 2. The summed E-state index contributed by atoms with van der Waals surface area (Å²) < 4.78 is 34.6. The van der Waals surface area contributed by atoms with Crippen molar-refractivity contribution in [3.8, 4) is 5.75 Å². The Hall–Kier alpha value is -3.72. The molecule has 7 nitrogen and oxygen atoms in total. The lowest BCUT2D eigenvalue weighted by Gasteiger charge is -2.12. The maximum Gasteiger partial charge on any atom is 0.333 e. The van der Waals surface area contributed by atoms with Crippen molar-refractivity contribution >= 4 is 28.5 Å². The van der Waals surface area contributed by atoms with Crippen molar-refractivity contribution in [2.24, 2.45) is 0 Å². The van der Waals surface area contributed by atoms with Crippen LogP contribution in [0.1, 0.15) is 22.8 Å². The number of halogens is 3. The molecule has 0 bridgehead atoms. The monoisotopic (exact) mass is 459 g/mol. The predicted molar refractivity (Wildman–Crippen MR) is 114 cm³/mol. The van der Waals surface area contributed by atoms with Gasteiger partial charge in [-0.15, -0.1) is 0 Å². The molecule has 2 aromatic carbocycles. The number of aromatic amines is 1. The molecule has 2 aromatic heterocycles. The van der Waals surface area contributed by atoms with Crippen molar-refractivity contribution in [2.75, 3.05) is 0 Å². The number of hydrogen-bond donors (Lipinski definition) is 1. The van der Waals surface area contributed by atoms with Crippen LogP contribution in [0, 0.1) is 11.6 Å². The minimum absolute atomic E-state index is 0.0585. The van der Waals surface area contributed by atoms with Crippen LogP contribution in [0.5, 0.6) is 5.75 Å². The first-order valence-electron chi connectivity index (χ1n) is 9.45. The van der Waals surface area contributed by atoms with Crippen molar-refractivity contribution in [2.45, 2.75) is 20.1 Å². The molecular formula is C22H16ClF2N3O4. The molecule has 0 fully saturated rings. The fourth-order valence-electron chi connectivity index (χ4n) is 3.32. The zero-order chi connectivity index (χ0) is 23.0. The van der Waals surface area contributed by atoms with E-state index in [1.807, 2.05) is 0 Å². The minimum Gasteiger partial charge on any atom is -0.487 e. The first kappa shape index (κ1) is 21.5. The van der Waals surface area contributed by atoms with Crippen molar-refractivity contribution in [1.82, 2.24) is 14.1 Å². The number of pyridine rings is 1. The Bertz CT molecular complexity index is 1470. The second kappa shape index (κ2) is 8.43. The average Bonchev–Trinajstić information content (AvgIpc) is 3.07. The summed E-state index contributed by atoms with van der Waals surface area (Å²) in [5.41, 5.74) is 0.594. The molecular weight excluding hydrogens is 444 g/mol. The summed E-state index contributed by atoms with van der Waals surface area (Å²) in [5, 5.41) is -0.196. The van der Waals surface area contributed by atoms with E-state index in [0.717, 1.165) is 16.7 Å². The number of nitrogens with one attached hydrogen (secondary N) is 1. The number of aromatic nitrogens is 3. The van der Waals surface area contributed by atoms with Gasteiger partial charge in [0.25, 0.3) is 5.56 Å². The smallest absolute Gasteiger partial charge is 0.333 e. The van der Waals surface area contributed by atoms with Crippen LogP contribution in [0.15, 0.2) is 58.3 Å². The topological polar surface area (TPSA) is 86.1 Å². The van der Waals surface area contributed by atoms with E-state index in [1.165, 1.54) is 29.8 Å². The van der Waals surface area contributed by atoms with Gasteiger partial charge in [0.2, 0.25) is 5.91 Å². The van der Waals surface area contributed by atoms with E-state index in [2.05, 4.69) is 4.98 Å². The third-order valence-corrected chi connectivity index (χ3v) is 5.23. The summed E-state index contributed by atoms with van der Waals surface area (Å²) in [4.78, 5) is 39.0. The van der Waals surface area contributed by atoms with Crippen LogP contribution >= 0.6 is 11.6 Å². The highest BCUT2D eigenvalue weighted by molar-refractivity contribution is 6.31. The van der Waals surface area contributed by atoms with Gasteiger partial charge in [-0.3, -0.25) is 9.59 Å². The molecule has 0 unspecified atom stereocenters. The lowest BCUT2D eigenvalue weighted by Crippen LogP contribution is -2.22. The van der Waals surface area contributed by atoms with E-state index in [9.17, 15) is 23.2 Å². The number of imidazole rings is 1. The first-order valence-corrected chi connectivity index (χ1v) is 9.82. The van der Waals surface area contributed by atoms with Gasteiger partial charge in [0.15, 0.2) is 0 Å². The Morgan fingerprint density at radius 1 is 1.12 bits per heavy atom. The Balaban J connectivity index is 1.58. The summed E-state index contributed by atoms with van der Waals surface area (Å²) in [7, 11) is 0. The molecule has 164 valence electrons. The molecule has 32 heavy (non-hydrogen) atoms. The summed E-state index contributed by atoms with van der Waals surface area (Å²) in [6.07, 6.45) is 1.46. The number of fused-ring (bicyclic) bond motifs is 1. The first-order chi connectivity index (χ1) is 15.2. The number of H-pyrrole nitrogens is 1. The van der Waals surface area contributed by atoms with Gasteiger partial charge in [0.1, 0.15) is 29.0 Å². The van der Waals surface area contributed by atoms with Crippen LogP contribution < -0.4 is 16.0 Å². The number of carbonyl (C=O) groups excluding carboxylic acids is 1. The van der Waals surface area contributed by atoms with Gasteiger partial charge in [-0.25, -0.2) is 18.1 Å². The van der Waals surface area contributed by atoms with Crippen molar-refractivity contribution in [1.29, 1.82) is 0 Å². The zero-order valence-corrected chi connectivity index (χ0v) is 17.5. The molecule has 4 rings (SSSR count). The van der Waals surface area contributed by atoms with Gasteiger partial charge in [0, 0.05) is 24.8 Å². The quantitative estimate of drug-likeness (QED) is 0.493. The molecule has 0 spiro atoms. The Labute approximate surface area is 184 Å². The molecule has 0 saturated carbocycles. The van der Waals surface area contributed by atoms with Crippen LogP contribution in [0.2, 0.25) is 5.02 Å². The van der Waals surface area contributed by atoms with Gasteiger partial charge in [0.05, 0.1) is 17.6 Å². The lowest BCUT2D eigenvalue weighted by atomic mass is 10.2. The normalized spacial score (nSPS) is 11.1. The fraction of sp³-hybridized carbons (Fsp3) is 0.136. The number of carbonyl (C=O) groups is 1. The number of benzene rings is 2. The summed E-state index contributed by atoms with van der Waals surface area (Å²) >= 11 is 6.15. The number of rotatable bonds is 5. The fourth-order valence-corrected chi connectivity index (χ4v) is 3.54. The summed E-state index contributed by atoms with van der Waals surface area (Å²) in [6, 6.07) is 9.55. The Morgan fingerprint density at radius 3 is 2.62 bits per heavy atom. The molecule has 1 N–H and O–H groups in total. The van der Waals surface area contributed by atoms with Crippen molar-refractivity contribution < 1.29 is 18.3 Å². The molecule has 10 heteroatoms. The molecule has 0 atom stereocenters. The van der Waals surface area contributed by atoms with E-state index in [4.69, 9.17) is 16.3 Å². The second-order valence-corrected chi connectivity index (χ2v) is 7.47. The van der Waals surface area contributed by atoms with E-state index in [1.54, 1.807) is 18.2 Å².